The number of anilines is 1. The van der Waals surface area contributed by atoms with Gasteiger partial charge in [0.1, 0.15) is 12.1 Å². The van der Waals surface area contributed by atoms with Crippen molar-refractivity contribution in [2.24, 2.45) is 5.41 Å². The number of hydrogen-bond donors (Lipinski definition) is 6. The largest absolute Gasteiger partial charge is 0.391 e. The second kappa shape index (κ2) is 30.7. The lowest BCUT2D eigenvalue weighted by molar-refractivity contribution is -0.144. The van der Waals surface area contributed by atoms with Crippen LogP contribution < -0.4 is 31.7 Å². The van der Waals surface area contributed by atoms with Gasteiger partial charge in [-0.2, -0.15) is 0 Å². The van der Waals surface area contributed by atoms with Crippen molar-refractivity contribution in [3.05, 3.63) is 127 Å². The van der Waals surface area contributed by atoms with Crippen LogP contribution in [0.2, 0.25) is 0 Å². The lowest BCUT2D eigenvalue weighted by Gasteiger charge is -2.37. The standard InChI is InChI=1S/C67H92N10O8S/c1-9-76(53-25-33-85-34-26-53)57-37-52(36-55(46(57)4)63(81)70-40-56-44(2)35-45(3)72-64(56)82)50-20-18-49(19-21-50)41-75-31-29-74(30-32-75)28-24-59(79)68-27-14-12-10-11-13-15-60(80)73-62(67(6,7)8)66(84)77-42-54(78)38-58(77)65(83)69-39-48-16-22-51(23-17-48)61-47(5)71-43-86-61/h16-23,35-37,43,53-54,58,62,78H,9-15,24-34,38-42H2,1-8H3,(H,68,79)(H,69,83)(H,70,81)(H,72,82)(H,73,80)/t54-,58+,62-/m1/s1. The molecule has 19 heteroatoms. The Morgan fingerprint density at radius 1 is 0.791 bits per heavy atom. The number of H-pyrrole nitrogens is 1. The molecular formula is C67H92N10O8S. The van der Waals surface area contributed by atoms with E-state index in [1.54, 1.807) is 11.3 Å². The van der Waals surface area contributed by atoms with Crippen molar-refractivity contribution in [1.82, 2.24) is 45.9 Å². The molecule has 2 aromatic heterocycles. The fraction of sp³-hybridized carbons (Fsp3) is 0.537. The molecule has 3 aromatic carbocycles. The molecule has 0 spiro atoms. The lowest BCUT2D eigenvalue weighted by Crippen LogP contribution is -2.57. The first kappa shape index (κ1) is 65.2. The van der Waals surface area contributed by atoms with Crippen molar-refractivity contribution in [3.8, 4) is 21.6 Å². The Morgan fingerprint density at radius 3 is 2.14 bits per heavy atom. The van der Waals surface area contributed by atoms with Gasteiger partial charge in [0.25, 0.3) is 11.5 Å². The molecule has 6 N–H and O–H groups in total. The monoisotopic (exact) mass is 1200 g/mol. The predicted molar refractivity (Wildman–Crippen MR) is 340 cm³/mol. The number of amides is 5. The Morgan fingerprint density at radius 2 is 1.47 bits per heavy atom. The zero-order chi connectivity index (χ0) is 61.5. The molecule has 0 unspecified atom stereocenters. The average Bonchev–Trinajstić information content (AvgIpc) is 2.59. The molecule has 0 saturated carbocycles. The predicted octanol–water partition coefficient (Wildman–Crippen LogP) is 8.11. The number of unbranched alkanes of at least 4 members (excludes halogenated alkanes) is 4. The molecule has 18 nitrogen and oxygen atoms in total. The molecule has 0 aliphatic carbocycles. The lowest BCUT2D eigenvalue weighted by atomic mass is 9.85. The molecule has 3 aliphatic heterocycles. The first-order valence-corrected chi connectivity index (χ1v) is 32.0. The third kappa shape index (κ3) is 17.7. The van der Waals surface area contributed by atoms with Crippen molar-refractivity contribution in [2.45, 2.75) is 163 Å². The van der Waals surface area contributed by atoms with Crippen molar-refractivity contribution in [2.75, 3.05) is 70.5 Å². The van der Waals surface area contributed by atoms with Crippen LogP contribution in [-0.4, -0.2) is 149 Å². The number of aliphatic hydroxyl groups is 1. The van der Waals surface area contributed by atoms with Crippen LogP contribution in [0.15, 0.2) is 77.0 Å². The van der Waals surface area contributed by atoms with E-state index < -0.39 is 23.6 Å². The number of aromatic amines is 1. The summed E-state index contributed by atoms with van der Waals surface area (Å²) in [4.78, 5) is 97.5. The summed E-state index contributed by atoms with van der Waals surface area (Å²) in [5.74, 6) is -1.10. The quantitative estimate of drug-likeness (QED) is 0.0289. The van der Waals surface area contributed by atoms with Gasteiger partial charge >= 0.3 is 0 Å². The van der Waals surface area contributed by atoms with Crippen molar-refractivity contribution in [3.63, 3.8) is 0 Å². The molecular weight excluding hydrogens is 1100 g/mol. The molecule has 5 heterocycles. The normalized spacial score (nSPS) is 17.3. The fourth-order valence-electron chi connectivity index (χ4n) is 12.1. The van der Waals surface area contributed by atoms with Gasteiger partial charge in [-0.15, -0.1) is 11.3 Å². The van der Waals surface area contributed by atoms with E-state index in [9.17, 15) is 33.9 Å². The highest BCUT2D eigenvalue weighted by Crippen LogP contribution is 2.35. The first-order chi connectivity index (χ1) is 41.3. The number of nitrogens with one attached hydrogen (secondary N) is 5. The SMILES string of the molecule is CCN(c1cc(-c2ccc(CN3CCN(CCC(=O)NCCCCCCCC(=O)N[C@H](C(=O)N4C[C@H](O)C[C@H]4C(=O)NCc4ccc(-c5scnc5C)cc4)C(C)(C)C)CC3)cc2)cc(C(=O)NCc2c(C)cc(C)[nH]c2=O)c1C)C1CCOCC1. The van der Waals surface area contributed by atoms with E-state index in [1.165, 1.54) is 10.5 Å². The highest BCUT2D eigenvalue weighted by atomic mass is 32.1. The number of carbonyl (C=O) groups is 5. The summed E-state index contributed by atoms with van der Waals surface area (Å²) >= 11 is 1.58. The van der Waals surface area contributed by atoms with Crippen LogP contribution in [0.4, 0.5) is 5.69 Å². The van der Waals surface area contributed by atoms with E-state index in [2.05, 4.69) is 83.2 Å². The van der Waals surface area contributed by atoms with Gasteiger partial charge in [0, 0.05) is 133 Å². The number of nitrogens with zero attached hydrogens (tertiary/aromatic N) is 5. The van der Waals surface area contributed by atoms with Crippen LogP contribution in [0, 0.1) is 33.1 Å². The third-order valence-corrected chi connectivity index (χ3v) is 18.2. The number of aromatic nitrogens is 2. The molecule has 3 aliphatic rings. The van der Waals surface area contributed by atoms with Gasteiger partial charge in [-0.25, -0.2) is 4.98 Å². The summed E-state index contributed by atoms with van der Waals surface area (Å²) in [5, 5.41) is 22.7. The minimum absolute atomic E-state index is 0.0186. The number of piperazine rings is 1. The van der Waals surface area contributed by atoms with Crippen LogP contribution in [0.25, 0.3) is 21.6 Å². The van der Waals surface area contributed by atoms with Crippen molar-refractivity contribution in [1.29, 1.82) is 0 Å². The van der Waals surface area contributed by atoms with Crippen LogP contribution in [0.1, 0.15) is 141 Å². The number of likely N-dealkylation sites (tertiary alicyclic amines) is 1. The van der Waals surface area contributed by atoms with Crippen LogP contribution >= 0.6 is 11.3 Å². The van der Waals surface area contributed by atoms with Gasteiger partial charge in [0.15, 0.2) is 0 Å². The molecule has 3 fully saturated rings. The molecule has 8 rings (SSSR count). The number of aliphatic hydroxyl groups excluding tert-OH is 1. The second-order valence-corrected chi connectivity index (χ2v) is 25.7. The zero-order valence-electron chi connectivity index (χ0n) is 52.0. The molecule has 5 amide bonds. The minimum atomic E-state index is -0.875. The molecule has 5 aromatic rings. The number of hydrogen-bond acceptors (Lipinski definition) is 13. The Labute approximate surface area is 512 Å². The zero-order valence-corrected chi connectivity index (χ0v) is 52.8. The topological polar surface area (TPSA) is 222 Å². The summed E-state index contributed by atoms with van der Waals surface area (Å²) in [5.41, 5.74) is 11.9. The number of aryl methyl sites for hydroxylation is 3. The maximum Gasteiger partial charge on any atom is 0.253 e. The van der Waals surface area contributed by atoms with E-state index in [-0.39, 0.29) is 67.6 Å². The molecule has 86 heavy (non-hydrogen) atoms. The minimum Gasteiger partial charge on any atom is -0.391 e. The van der Waals surface area contributed by atoms with Gasteiger partial charge in [-0.1, -0.05) is 88.6 Å². The molecule has 0 radical (unpaired) electrons. The van der Waals surface area contributed by atoms with Gasteiger partial charge in [0.05, 0.1) is 22.2 Å². The van der Waals surface area contributed by atoms with Gasteiger partial charge in [0.2, 0.25) is 23.6 Å². The number of ether oxygens (including phenoxy) is 1. The number of benzene rings is 3. The highest BCUT2D eigenvalue weighted by molar-refractivity contribution is 7.13. The maximum absolute atomic E-state index is 14.1. The van der Waals surface area contributed by atoms with E-state index in [0.29, 0.717) is 56.3 Å². The maximum atomic E-state index is 14.1. The van der Waals surface area contributed by atoms with Gasteiger partial charge in [-0.05, 0) is 123 Å². The summed E-state index contributed by atoms with van der Waals surface area (Å²) in [6.45, 7) is 24.0. The van der Waals surface area contributed by atoms with Gasteiger partial charge in [-0.3, -0.25) is 33.7 Å². The van der Waals surface area contributed by atoms with Crippen LogP contribution in [-0.2, 0) is 43.5 Å². The first-order valence-electron chi connectivity index (χ1n) is 31.1. The summed E-state index contributed by atoms with van der Waals surface area (Å²) in [6.07, 6.45) is 6.04. The van der Waals surface area contributed by atoms with Crippen molar-refractivity contribution >= 4 is 46.6 Å². The number of rotatable bonds is 26. The van der Waals surface area contributed by atoms with Crippen LogP contribution in [0.3, 0.4) is 0 Å². The Bertz CT molecular complexity index is 3160. The number of carbonyl (C=O) groups excluding carboxylic acids is 5. The van der Waals surface area contributed by atoms with E-state index in [0.717, 1.165) is 133 Å². The molecule has 3 saturated heterocycles. The molecule has 464 valence electrons. The fourth-order valence-corrected chi connectivity index (χ4v) is 13.0. The van der Waals surface area contributed by atoms with E-state index >= 15 is 0 Å². The summed E-state index contributed by atoms with van der Waals surface area (Å²) in [6, 6.07) is 21.3. The number of β-amino-alcohol motifs (C(OH)–C–C–N with tert-alkyl or cyclic N) is 1. The molecule has 0 bridgehead atoms. The Hall–Kier alpha value is -6.77. The highest BCUT2D eigenvalue weighted by Gasteiger charge is 2.44. The van der Waals surface area contributed by atoms with Crippen LogP contribution in [0.5, 0.6) is 0 Å². The summed E-state index contributed by atoms with van der Waals surface area (Å²) in [7, 11) is 0. The Kier molecular flexibility index (Phi) is 23.3. The average molecular weight is 1200 g/mol. The summed E-state index contributed by atoms with van der Waals surface area (Å²) < 4.78 is 5.72. The van der Waals surface area contributed by atoms with Gasteiger partial charge < -0.3 is 50.8 Å². The smallest absolute Gasteiger partial charge is 0.253 e. The van der Waals surface area contributed by atoms with Crippen molar-refractivity contribution < 1.29 is 33.8 Å². The second-order valence-electron chi connectivity index (χ2n) is 24.8. The molecule has 3 atom stereocenters. The number of pyridine rings is 1. The Balaban J connectivity index is 0.714. The third-order valence-electron chi connectivity index (χ3n) is 17.3. The number of thiazole rings is 1. The van der Waals surface area contributed by atoms with E-state index in [1.807, 2.05) is 90.4 Å². The van der Waals surface area contributed by atoms with E-state index in [4.69, 9.17) is 4.74 Å².